The number of rotatable bonds is 10. The Balaban J connectivity index is 1.45. The van der Waals surface area contributed by atoms with E-state index in [0.29, 0.717) is 17.1 Å². The van der Waals surface area contributed by atoms with Crippen molar-refractivity contribution < 1.29 is 32.3 Å². The molecule has 0 aliphatic heterocycles. The number of hydrogen-bond donors (Lipinski definition) is 2. The molecular formula is C27H26AsNO7S. The minimum atomic E-state index is -3.99. The van der Waals surface area contributed by atoms with E-state index in [4.69, 9.17) is 9.15 Å². The zero-order valence-corrected chi connectivity index (χ0v) is 23.3. The first kappa shape index (κ1) is 26.7. The van der Waals surface area contributed by atoms with Crippen molar-refractivity contribution in [2.75, 3.05) is 7.11 Å². The van der Waals surface area contributed by atoms with Gasteiger partial charge in [-0.05, 0) is 0 Å². The van der Waals surface area contributed by atoms with Crippen LogP contribution in [0.15, 0.2) is 82.1 Å². The molecule has 2 atom stereocenters. The zero-order chi connectivity index (χ0) is 26.7. The minimum absolute atomic E-state index is 0.0134. The van der Waals surface area contributed by atoms with Gasteiger partial charge in [-0.2, -0.15) is 0 Å². The third-order valence-corrected chi connectivity index (χ3v) is 9.56. The average molecular weight is 583 g/mol. The van der Waals surface area contributed by atoms with Gasteiger partial charge in [0.05, 0.1) is 0 Å². The van der Waals surface area contributed by atoms with E-state index >= 15 is 0 Å². The summed E-state index contributed by atoms with van der Waals surface area (Å²) >= 11 is -1.15. The average Bonchev–Trinajstić information content (AvgIpc) is 3.31. The molecule has 192 valence electrons. The molecule has 8 nitrogen and oxygen atoms in total. The number of carbonyl (C=O) groups is 2. The first-order valence-corrected chi connectivity index (χ1v) is 15.0. The summed E-state index contributed by atoms with van der Waals surface area (Å²) in [5, 5.41) is 10.1. The van der Waals surface area contributed by atoms with Gasteiger partial charge < -0.3 is 5.11 Å². The van der Waals surface area contributed by atoms with Gasteiger partial charge in [-0.15, -0.1) is 0 Å². The Morgan fingerprint density at radius 3 is 2.14 bits per heavy atom. The van der Waals surface area contributed by atoms with Crippen molar-refractivity contribution in [1.82, 2.24) is 4.72 Å². The Morgan fingerprint density at radius 2 is 1.57 bits per heavy atom. The van der Waals surface area contributed by atoms with Crippen LogP contribution in [0.4, 0.5) is 0 Å². The molecule has 0 fully saturated rings. The van der Waals surface area contributed by atoms with Gasteiger partial charge in [-0.3, -0.25) is 4.79 Å². The van der Waals surface area contributed by atoms with E-state index in [2.05, 4.69) is 4.72 Å². The van der Waals surface area contributed by atoms with Crippen LogP contribution in [0.3, 0.4) is 0 Å². The molecule has 0 aliphatic carbocycles. The van der Waals surface area contributed by atoms with Crippen molar-refractivity contribution in [3.8, 4) is 16.9 Å². The summed E-state index contributed by atoms with van der Waals surface area (Å²) in [6.45, 7) is 3.27. The fraction of sp³-hybridized carbons (Fsp3) is 0.185. The van der Waals surface area contributed by atoms with Crippen LogP contribution >= 0.6 is 0 Å². The van der Waals surface area contributed by atoms with Crippen molar-refractivity contribution in [2.45, 2.75) is 24.8 Å². The van der Waals surface area contributed by atoms with Crippen molar-refractivity contribution in [3.63, 3.8) is 0 Å². The molecule has 0 saturated heterocycles. The summed E-state index contributed by atoms with van der Waals surface area (Å²) in [7, 11) is -2.40. The fourth-order valence-corrected chi connectivity index (χ4v) is 6.84. The third-order valence-electron chi connectivity index (χ3n) is 5.80. The number of benzene rings is 3. The Labute approximate surface area is 221 Å². The summed E-state index contributed by atoms with van der Waals surface area (Å²) in [6, 6.07) is 19.7. The van der Waals surface area contributed by atoms with Crippen molar-refractivity contribution >= 4 is 51.6 Å². The number of hydrogen-bond acceptors (Lipinski definition) is 6. The van der Waals surface area contributed by atoms with Crippen LogP contribution < -0.4 is 13.8 Å². The van der Waals surface area contributed by atoms with E-state index in [-0.39, 0.29) is 9.47 Å². The molecule has 0 spiro atoms. The van der Waals surface area contributed by atoms with Crippen LogP contribution in [0, 0.1) is 5.92 Å². The van der Waals surface area contributed by atoms with Gasteiger partial charge in [-0.1, -0.05) is 13.8 Å². The fourth-order valence-electron chi connectivity index (χ4n) is 3.73. The summed E-state index contributed by atoms with van der Waals surface area (Å²) in [5.41, 5.74) is 2.29. The number of furan rings is 1. The molecule has 4 rings (SSSR count). The number of ether oxygens (including phenoxy) is 1. The van der Waals surface area contributed by atoms with E-state index in [1.165, 1.54) is 12.1 Å². The van der Waals surface area contributed by atoms with Crippen molar-refractivity contribution in [1.29, 1.82) is 0 Å². The molecule has 0 amide bonds. The standard InChI is InChI=1S/C27H26AsNO7S/c1-16(2)25(27(31)32)29-37(33,34)22-11-6-18(7-12-22)17-4-8-20(9-5-17)28-26(30)24-15-19-14-21(35-3)10-13-23(19)36-24/h4-16,25,28-29H,1-3H3,(H,31,32)/t25-/m0/s1. The Bertz CT molecular complexity index is 1540. The van der Waals surface area contributed by atoms with Gasteiger partial charge in [-0.25, -0.2) is 0 Å². The Kier molecular flexibility index (Phi) is 7.87. The van der Waals surface area contributed by atoms with Gasteiger partial charge in [0.2, 0.25) is 0 Å². The third kappa shape index (κ3) is 6.13. The monoisotopic (exact) mass is 583 g/mol. The second kappa shape index (κ2) is 10.9. The molecule has 37 heavy (non-hydrogen) atoms. The molecule has 1 unspecified atom stereocenters. The van der Waals surface area contributed by atoms with Gasteiger partial charge in [0, 0.05) is 0 Å². The number of methoxy groups -OCH3 is 1. The topological polar surface area (TPSA) is 123 Å². The second-order valence-electron chi connectivity index (χ2n) is 8.75. The molecule has 0 bridgehead atoms. The van der Waals surface area contributed by atoms with Crippen LogP contribution in [0.2, 0.25) is 0 Å². The van der Waals surface area contributed by atoms with Crippen LogP contribution in [0.5, 0.6) is 5.75 Å². The summed E-state index contributed by atoms with van der Waals surface area (Å²) in [4.78, 5) is 24.2. The molecule has 1 aromatic heterocycles. The molecule has 0 saturated carbocycles. The molecular weight excluding hydrogens is 557 g/mol. The van der Waals surface area contributed by atoms with Gasteiger partial charge in [0.1, 0.15) is 0 Å². The number of carbonyl (C=O) groups excluding carboxylic acids is 1. The number of carboxylic acids is 1. The molecule has 2 N–H and O–H groups in total. The van der Waals surface area contributed by atoms with Crippen LogP contribution in [-0.4, -0.2) is 53.0 Å². The quantitative estimate of drug-likeness (QED) is 0.275. The summed E-state index contributed by atoms with van der Waals surface area (Å²) < 4.78 is 39.4. The zero-order valence-electron chi connectivity index (χ0n) is 20.4. The van der Waals surface area contributed by atoms with Crippen LogP contribution in [0.1, 0.15) is 24.4 Å². The van der Waals surface area contributed by atoms with E-state index in [1.54, 1.807) is 51.3 Å². The van der Waals surface area contributed by atoms with Crippen molar-refractivity contribution in [2.24, 2.45) is 5.92 Å². The normalized spacial score (nSPS) is 12.9. The number of sulfonamides is 1. The molecule has 4 aromatic rings. The van der Waals surface area contributed by atoms with Gasteiger partial charge in [0.15, 0.2) is 0 Å². The van der Waals surface area contributed by atoms with E-state index in [9.17, 15) is 23.1 Å². The number of aliphatic carboxylic acids is 1. The van der Waals surface area contributed by atoms with E-state index in [0.717, 1.165) is 20.9 Å². The number of fused-ring (bicyclic) bond motifs is 1. The molecule has 10 heteroatoms. The summed E-state index contributed by atoms with van der Waals surface area (Å²) in [5.74, 6) is -0.603. The van der Waals surface area contributed by atoms with E-state index < -0.39 is 43.7 Å². The molecule has 1 heterocycles. The van der Waals surface area contributed by atoms with E-state index in [1.807, 2.05) is 30.3 Å². The van der Waals surface area contributed by atoms with Crippen molar-refractivity contribution in [3.05, 3.63) is 78.6 Å². The first-order valence-electron chi connectivity index (χ1n) is 11.4. The predicted octanol–water partition coefficient (Wildman–Crippen LogP) is 3.40. The Hall–Kier alpha value is -3.39. The number of nitrogens with one attached hydrogen (secondary N) is 1. The maximum absolute atomic E-state index is 12.8. The Morgan fingerprint density at radius 1 is 0.946 bits per heavy atom. The van der Waals surface area contributed by atoms with Crippen LogP contribution in [0.25, 0.3) is 22.1 Å². The second-order valence-corrected chi connectivity index (χ2v) is 13.2. The number of carboxylic acid groups (broad SMARTS) is 1. The van der Waals surface area contributed by atoms with Crippen LogP contribution in [-0.2, 0) is 14.8 Å². The molecule has 0 aliphatic rings. The SMILES string of the molecule is COc1ccc2oc(C(=O)[AsH]c3ccc(-c4ccc(S(=O)(=O)N[C@H](C(=O)O)C(C)C)cc4)cc3)cc2c1. The maximum atomic E-state index is 12.8. The summed E-state index contributed by atoms with van der Waals surface area (Å²) in [6.07, 6.45) is 0. The molecule has 3 aromatic carbocycles. The van der Waals surface area contributed by atoms with Gasteiger partial charge in [0.25, 0.3) is 0 Å². The van der Waals surface area contributed by atoms with Gasteiger partial charge >= 0.3 is 198 Å². The molecule has 0 radical (unpaired) electrons. The first-order chi connectivity index (χ1) is 17.6. The predicted molar refractivity (Wildman–Crippen MR) is 142 cm³/mol.